The van der Waals surface area contributed by atoms with Crippen LogP contribution in [-0.4, -0.2) is 37.2 Å². The van der Waals surface area contributed by atoms with Crippen molar-refractivity contribution in [1.29, 1.82) is 0 Å². The number of hydrogen-bond acceptors (Lipinski definition) is 4. The predicted octanol–water partition coefficient (Wildman–Crippen LogP) is 2.33. The van der Waals surface area contributed by atoms with E-state index in [9.17, 15) is 14.0 Å². The van der Waals surface area contributed by atoms with E-state index >= 15 is 0 Å². The van der Waals surface area contributed by atoms with Crippen LogP contribution in [0.3, 0.4) is 0 Å². The molecule has 3 N–H and O–H groups in total. The van der Waals surface area contributed by atoms with Crippen LogP contribution >= 0.6 is 0 Å². The minimum absolute atomic E-state index is 0.139. The standard InChI is InChI=1S/C19H21FN2O4/c1-19(20)10-12(22-18(19)24)6-7-26-15-5-3-4-11-8-14(17(21)23)16(25-2)9-13(11)15/h3-5,8-9,12H,6-7,10H2,1-2H3,(H2,21,23)(H,22,24)/t12-,19+/m1/s1. The van der Waals surface area contributed by atoms with E-state index in [2.05, 4.69) is 5.32 Å². The average Bonchev–Trinajstić information content (AvgIpc) is 2.85. The number of rotatable bonds is 6. The molecule has 1 saturated heterocycles. The second kappa shape index (κ2) is 6.82. The van der Waals surface area contributed by atoms with Crippen LogP contribution in [-0.2, 0) is 4.79 Å². The first-order chi connectivity index (χ1) is 12.3. The van der Waals surface area contributed by atoms with Gasteiger partial charge in [0.2, 0.25) is 0 Å². The van der Waals surface area contributed by atoms with Crippen molar-refractivity contribution in [2.45, 2.75) is 31.5 Å². The van der Waals surface area contributed by atoms with E-state index < -0.39 is 17.5 Å². The molecular formula is C19H21FN2O4. The van der Waals surface area contributed by atoms with E-state index in [1.807, 2.05) is 12.1 Å². The first kappa shape index (κ1) is 18.0. The highest BCUT2D eigenvalue weighted by Crippen LogP contribution is 2.32. The number of alkyl halides is 1. The predicted molar refractivity (Wildman–Crippen MR) is 95.2 cm³/mol. The Labute approximate surface area is 150 Å². The summed E-state index contributed by atoms with van der Waals surface area (Å²) in [5.74, 6) is -0.154. The fourth-order valence-electron chi connectivity index (χ4n) is 3.19. The Balaban J connectivity index is 1.76. The van der Waals surface area contributed by atoms with Crippen molar-refractivity contribution in [2.24, 2.45) is 5.73 Å². The lowest BCUT2D eigenvalue weighted by molar-refractivity contribution is -0.128. The van der Waals surface area contributed by atoms with Crippen LogP contribution in [0, 0.1) is 0 Å². The Morgan fingerprint density at radius 2 is 2.15 bits per heavy atom. The molecule has 2 amide bonds. The Morgan fingerprint density at radius 3 is 2.77 bits per heavy atom. The highest BCUT2D eigenvalue weighted by Gasteiger charge is 2.42. The molecule has 3 rings (SSSR count). The van der Waals surface area contributed by atoms with Crippen molar-refractivity contribution in [3.8, 4) is 11.5 Å². The summed E-state index contributed by atoms with van der Waals surface area (Å²) in [5, 5.41) is 4.21. The molecule has 0 spiro atoms. The van der Waals surface area contributed by atoms with Gasteiger partial charge < -0.3 is 20.5 Å². The fraction of sp³-hybridized carbons (Fsp3) is 0.368. The molecule has 26 heavy (non-hydrogen) atoms. The molecule has 0 bridgehead atoms. The molecule has 2 atom stereocenters. The van der Waals surface area contributed by atoms with Crippen molar-refractivity contribution in [2.75, 3.05) is 13.7 Å². The van der Waals surface area contributed by atoms with Crippen LogP contribution in [0.15, 0.2) is 30.3 Å². The number of fused-ring (bicyclic) bond motifs is 1. The van der Waals surface area contributed by atoms with Gasteiger partial charge in [0.25, 0.3) is 11.8 Å². The van der Waals surface area contributed by atoms with Gasteiger partial charge in [0.05, 0.1) is 19.3 Å². The summed E-state index contributed by atoms with van der Waals surface area (Å²) in [4.78, 5) is 23.0. The first-order valence-electron chi connectivity index (χ1n) is 8.35. The largest absolute Gasteiger partial charge is 0.496 e. The number of carbonyl (C=O) groups excluding carboxylic acids is 2. The smallest absolute Gasteiger partial charge is 0.257 e. The van der Waals surface area contributed by atoms with Crippen molar-refractivity contribution < 1.29 is 23.5 Å². The Hall–Kier alpha value is -2.83. The summed E-state index contributed by atoms with van der Waals surface area (Å²) in [5.41, 5.74) is 3.87. The molecule has 0 saturated carbocycles. The molecule has 0 radical (unpaired) electrons. The highest BCUT2D eigenvalue weighted by molar-refractivity contribution is 6.02. The van der Waals surface area contributed by atoms with Gasteiger partial charge in [0, 0.05) is 24.3 Å². The molecular weight excluding hydrogens is 339 g/mol. The van der Waals surface area contributed by atoms with Crippen LogP contribution in [0.1, 0.15) is 30.1 Å². The van der Waals surface area contributed by atoms with Gasteiger partial charge in [-0.15, -0.1) is 0 Å². The summed E-state index contributed by atoms with van der Waals surface area (Å²) < 4.78 is 25.0. The average molecular weight is 360 g/mol. The van der Waals surface area contributed by atoms with Crippen LogP contribution in [0.5, 0.6) is 11.5 Å². The van der Waals surface area contributed by atoms with E-state index in [1.54, 1.807) is 18.2 Å². The number of nitrogens with one attached hydrogen (secondary N) is 1. The van der Waals surface area contributed by atoms with E-state index in [1.165, 1.54) is 14.0 Å². The van der Waals surface area contributed by atoms with Crippen LogP contribution in [0.25, 0.3) is 10.8 Å². The molecule has 6 nitrogen and oxygen atoms in total. The summed E-state index contributed by atoms with van der Waals surface area (Å²) in [6.07, 6.45) is 0.638. The second-order valence-corrected chi connectivity index (χ2v) is 6.60. The molecule has 1 fully saturated rings. The monoisotopic (exact) mass is 360 g/mol. The zero-order valence-electron chi connectivity index (χ0n) is 14.7. The van der Waals surface area contributed by atoms with Crippen LogP contribution < -0.4 is 20.5 Å². The number of amides is 2. The Morgan fingerprint density at radius 1 is 1.38 bits per heavy atom. The van der Waals surface area contributed by atoms with Crippen molar-refractivity contribution in [3.05, 3.63) is 35.9 Å². The van der Waals surface area contributed by atoms with Gasteiger partial charge in [-0.2, -0.15) is 0 Å². The normalized spacial score (nSPS) is 22.3. The number of ether oxygens (including phenoxy) is 2. The van der Waals surface area contributed by atoms with E-state index in [-0.39, 0.29) is 12.5 Å². The summed E-state index contributed by atoms with van der Waals surface area (Å²) >= 11 is 0. The quantitative estimate of drug-likeness (QED) is 0.827. The Kier molecular flexibility index (Phi) is 4.71. The number of benzene rings is 2. The number of hydrogen-bond donors (Lipinski definition) is 2. The lowest BCUT2D eigenvalue weighted by Crippen LogP contribution is -2.31. The number of primary amides is 1. The molecule has 138 valence electrons. The van der Waals surface area contributed by atoms with Gasteiger partial charge in [0.1, 0.15) is 11.5 Å². The Bertz CT molecular complexity index is 866. The zero-order chi connectivity index (χ0) is 18.9. The maximum atomic E-state index is 13.9. The van der Waals surface area contributed by atoms with Crippen LogP contribution in [0.2, 0.25) is 0 Å². The molecule has 1 heterocycles. The van der Waals surface area contributed by atoms with E-state index in [0.29, 0.717) is 30.1 Å². The summed E-state index contributed by atoms with van der Waals surface area (Å²) in [6.45, 7) is 1.61. The molecule has 0 aromatic heterocycles. The molecule has 0 unspecified atom stereocenters. The van der Waals surface area contributed by atoms with E-state index in [0.717, 1.165) is 10.8 Å². The maximum absolute atomic E-state index is 13.9. The summed E-state index contributed by atoms with van der Waals surface area (Å²) in [6, 6.07) is 8.59. The third-order valence-electron chi connectivity index (χ3n) is 4.59. The number of nitrogens with two attached hydrogens (primary N) is 1. The maximum Gasteiger partial charge on any atom is 0.257 e. The second-order valence-electron chi connectivity index (χ2n) is 6.60. The van der Waals surface area contributed by atoms with Gasteiger partial charge in [-0.25, -0.2) is 4.39 Å². The first-order valence-corrected chi connectivity index (χ1v) is 8.35. The van der Waals surface area contributed by atoms with Gasteiger partial charge in [-0.3, -0.25) is 9.59 Å². The number of methoxy groups -OCH3 is 1. The molecule has 2 aromatic carbocycles. The zero-order valence-corrected chi connectivity index (χ0v) is 14.7. The highest BCUT2D eigenvalue weighted by atomic mass is 19.1. The van der Waals surface area contributed by atoms with Crippen molar-refractivity contribution in [1.82, 2.24) is 5.32 Å². The molecule has 7 heteroatoms. The van der Waals surface area contributed by atoms with Crippen molar-refractivity contribution in [3.63, 3.8) is 0 Å². The third-order valence-corrected chi connectivity index (χ3v) is 4.59. The third kappa shape index (κ3) is 3.42. The van der Waals surface area contributed by atoms with Crippen molar-refractivity contribution >= 4 is 22.6 Å². The summed E-state index contributed by atoms with van der Waals surface area (Å²) in [7, 11) is 1.47. The molecule has 0 aliphatic carbocycles. The lowest BCUT2D eigenvalue weighted by Gasteiger charge is -2.14. The van der Waals surface area contributed by atoms with Gasteiger partial charge in [-0.1, -0.05) is 12.1 Å². The number of halogens is 1. The minimum atomic E-state index is -1.82. The molecule has 1 aliphatic heterocycles. The topological polar surface area (TPSA) is 90.7 Å². The van der Waals surface area contributed by atoms with E-state index in [4.69, 9.17) is 15.2 Å². The van der Waals surface area contributed by atoms with Gasteiger partial charge in [-0.05, 0) is 30.5 Å². The molecule has 1 aliphatic rings. The minimum Gasteiger partial charge on any atom is -0.496 e. The molecule has 2 aromatic rings. The van der Waals surface area contributed by atoms with Crippen LogP contribution in [0.4, 0.5) is 4.39 Å². The van der Waals surface area contributed by atoms with Gasteiger partial charge in [0.15, 0.2) is 5.67 Å². The lowest BCUT2D eigenvalue weighted by atomic mass is 10.0. The number of carbonyl (C=O) groups is 2. The SMILES string of the molecule is COc1cc2c(OCC[C@@H]3C[C@](C)(F)C(=O)N3)cccc2cc1C(N)=O. The van der Waals surface area contributed by atoms with Gasteiger partial charge >= 0.3 is 0 Å². The fourth-order valence-corrected chi connectivity index (χ4v) is 3.19.